The van der Waals surface area contributed by atoms with Crippen molar-refractivity contribution >= 4 is 29.1 Å². The van der Waals surface area contributed by atoms with Gasteiger partial charge in [-0.15, -0.1) is 0 Å². The first-order valence-corrected chi connectivity index (χ1v) is 15.5. The Morgan fingerprint density at radius 1 is 0.480 bits per heavy atom. The second kappa shape index (κ2) is 7.78. The van der Waals surface area contributed by atoms with Crippen molar-refractivity contribution in [2.75, 3.05) is 0 Å². The quantitative estimate of drug-likeness (QED) is 0.532. The monoisotopic (exact) mass is 434 g/mol. The van der Waals surface area contributed by atoms with Gasteiger partial charge in [-0.25, -0.2) is 0 Å². The van der Waals surface area contributed by atoms with Crippen LogP contribution in [-0.4, -0.2) is 18.4 Å². The Balaban J connectivity index is 2.01. The van der Waals surface area contributed by atoms with Crippen LogP contribution in [0.2, 0.25) is 3.93 Å². The average Bonchev–Trinajstić information content (AvgIpc) is 2.72. The molecule has 3 aromatic rings. The Morgan fingerprint density at radius 2 is 0.840 bits per heavy atom. The Labute approximate surface area is 155 Å². The van der Waals surface area contributed by atoms with Gasteiger partial charge in [0, 0.05) is 0 Å². The van der Waals surface area contributed by atoms with Crippen LogP contribution in [0.3, 0.4) is 0 Å². The zero-order chi connectivity index (χ0) is 17.0. The van der Waals surface area contributed by atoms with Crippen molar-refractivity contribution in [2.24, 2.45) is 0 Å². The van der Waals surface area contributed by atoms with Gasteiger partial charge in [-0.05, 0) is 0 Å². The molecule has 0 radical (unpaired) electrons. The van der Waals surface area contributed by atoms with Crippen LogP contribution in [-0.2, 0) is 0 Å². The maximum absolute atomic E-state index is 3.03. The number of benzene rings is 3. The molecule has 0 N–H and O–H groups in total. The van der Waals surface area contributed by atoms with Gasteiger partial charge in [-0.2, -0.15) is 0 Å². The van der Waals surface area contributed by atoms with E-state index in [1.54, 1.807) is 10.7 Å². The second-order valence-electron chi connectivity index (χ2n) is 7.24. The summed E-state index contributed by atoms with van der Waals surface area (Å²) >= 11 is -3.03. The van der Waals surface area contributed by atoms with Crippen molar-refractivity contribution in [1.29, 1.82) is 0 Å². The van der Waals surface area contributed by atoms with Crippen LogP contribution < -0.4 is 10.7 Å². The molecule has 0 bridgehead atoms. The van der Waals surface area contributed by atoms with Crippen LogP contribution in [0, 0.1) is 0 Å². The summed E-state index contributed by atoms with van der Waals surface area (Å²) in [6.07, 6.45) is 7.01. The molecule has 1 aliphatic rings. The van der Waals surface area contributed by atoms with Crippen molar-refractivity contribution in [1.82, 2.24) is 0 Å². The molecular formula is C24H26Sn. The molecular weight excluding hydrogens is 407 g/mol. The van der Waals surface area contributed by atoms with Crippen molar-refractivity contribution < 1.29 is 0 Å². The van der Waals surface area contributed by atoms with Gasteiger partial charge in [0.15, 0.2) is 0 Å². The van der Waals surface area contributed by atoms with E-state index in [2.05, 4.69) is 91.0 Å². The maximum atomic E-state index is 2.42. The summed E-state index contributed by atoms with van der Waals surface area (Å²) in [7, 11) is 0. The standard InChI is InChI=1S/C6H11.3C6H5.Sn/c4*1-2-4-6-5-3-1;/h1H,2-6H2;3*1-5H;. The van der Waals surface area contributed by atoms with Gasteiger partial charge < -0.3 is 0 Å². The zero-order valence-corrected chi connectivity index (χ0v) is 17.6. The fourth-order valence-electron chi connectivity index (χ4n) is 4.85. The summed E-state index contributed by atoms with van der Waals surface area (Å²) in [6.45, 7) is 0. The van der Waals surface area contributed by atoms with Gasteiger partial charge in [0.25, 0.3) is 0 Å². The topological polar surface area (TPSA) is 0 Å². The zero-order valence-electron chi connectivity index (χ0n) is 14.8. The first-order valence-electron chi connectivity index (χ1n) is 9.59. The molecule has 1 heteroatoms. The van der Waals surface area contributed by atoms with Gasteiger partial charge in [-0.3, -0.25) is 0 Å². The molecule has 4 rings (SSSR count). The van der Waals surface area contributed by atoms with E-state index in [1.165, 1.54) is 32.1 Å². The van der Waals surface area contributed by atoms with Crippen molar-refractivity contribution in [3.05, 3.63) is 91.0 Å². The normalized spacial score (nSPS) is 15.8. The molecule has 0 atom stereocenters. The summed E-state index contributed by atoms with van der Waals surface area (Å²) in [5.74, 6) is 0. The van der Waals surface area contributed by atoms with E-state index in [4.69, 9.17) is 0 Å². The SMILES string of the molecule is c1cc[c]([Sn]([c]2ccccc2)([c]2ccccc2)[CH]2CCCCC2)cc1. The van der Waals surface area contributed by atoms with E-state index in [0.29, 0.717) is 0 Å². The van der Waals surface area contributed by atoms with E-state index in [0.717, 1.165) is 3.93 Å². The van der Waals surface area contributed by atoms with Crippen LogP contribution in [0.25, 0.3) is 0 Å². The summed E-state index contributed by atoms with van der Waals surface area (Å²) < 4.78 is 5.78. The van der Waals surface area contributed by atoms with Crippen LogP contribution in [0.5, 0.6) is 0 Å². The first-order chi connectivity index (χ1) is 12.4. The third kappa shape index (κ3) is 3.17. The third-order valence-corrected chi connectivity index (χ3v) is 21.7. The van der Waals surface area contributed by atoms with Gasteiger partial charge in [0.2, 0.25) is 0 Å². The Hall–Kier alpha value is -1.54. The summed E-state index contributed by atoms with van der Waals surface area (Å²) in [5, 5.41) is 0. The summed E-state index contributed by atoms with van der Waals surface area (Å²) in [4.78, 5) is 0. The van der Waals surface area contributed by atoms with Crippen LogP contribution in [0.4, 0.5) is 0 Å². The minimum atomic E-state index is -3.03. The molecule has 0 aliphatic heterocycles. The fraction of sp³-hybridized carbons (Fsp3) is 0.250. The second-order valence-corrected chi connectivity index (χ2v) is 19.1. The fourth-order valence-corrected chi connectivity index (χ4v) is 21.5. The van der Waals surface area contributed by atoms with Gasteiger partial charge in [0.05, 0.1) is 0 Å². The van der Waals surface area contributed by atoms with Crippen molar-refractivity contribution in [3.63, 3.8) is 0 Å². The molecule has 0 heterocycles. The van der Waals surface area contributed by atoms with Crippen molar-refractivity contribution in [3.8, 4) is 0 Å². The molecule has 25 heavy (non-hydrogen) atoms. The number of hydrogen-bond donors (Lipinski definition) is 0. The van der Waals surface area contributed by atoms with Crippen LogP contribution >= 0.6 is 0 Å². The van der Waals surface area contributed by atoms with E-state index in [-0.39, 0.29) is 0 Å². The Bertz CT molecular complexity index is 677. The molecule has 1 saturated carbocycles. The molecule has 0 spiro atoms. The third-order valence-electron chi connectivity index (χ3n) is 5.90. The average molecular weight is 433 g/mol. The first kappa shape index (κ1) is 16.9. The van der Waals surface area contributed by atoms with E-state index in [9.17, 15) is 0 Å². The molecule has 0 unspecified atom stereocenters. The van der Waals surface area contributed by atoms with Crippen LogP contribution in [0.15, 0.2) is 91.0 Å². The van der Waals surface area contributed by atoms with Crippen molar-refractivity contribution in [2.45, 2.75) is 36.0 Å². The van der Waals surface area contributed by atoms with E-state index >= 15 is 0 Å². The molecule has 0 saturated heterocycles. The minimum absolute atomic E-state index is 0.857. The predicted molar refractivity (Wildman–Crippen MR) is 111 cm³/mol. The molecule has 1 fully saturated rings. The molecule has 0 aromatic heterocycles. The predicted octanol–water partition coefficient (Wildman–Crippen LogP) is 4.49. The van der Waals surface area contributed by atoms with Gasteiger partial charge in [-0.1, -0.05) is 0 Å². The number of hydrogen-bond acceptors (Lipinski definition) is 0. The molecule has 1 aliphatic carbocycles. The van der Waals surface area contributed by atoms with Gasteiger partial charge >= 0.3 is 156 Å². The molecule has 0 nitrogen and oxygen atoms in total. The Kier molecular flexibility index (Phi) is 5.26. The van der Waals surface area contributed by atoms with Gasteiger partial charge in [0.1, 0.15) is 0 Å². The van der Waals surface area contributed by atoms with E-state index < -0.39 is 18.4 Å². The van der Waals surface area contributed by atoms with Crippen LogP contribution in [0.1, 0.15) is 32.1 Å². The molecule has 0 amide bonds. The Morgan fingerprint density at radius 3 is 1.20 bits per heavy atom. The molecule has 126 valence electrons. The number of rotatable bonds is 4. The van der Waals surface area contributed by atoms with E-state index in [1.807, 2.05) is 0 Å². The molecule has 3 aromatic carbocycles. The summed E-state index contributed by atoms with van der Waals surface area (Å²) in [5.41, 5.74) is 0. The summed E-state index contributed by atoms with van der Waals surface area (Å²) in [6, 6.07) is 34.5.